The third kappa shape index (κ3) is 10.8. The van der Waals surface area contributed by atoms with E-state index in [2.05, 4.69) is 10.1 Å². The van der Waals surface area contributed by atoms with Crippen molar-refractivity contribution in [3.63, 3.8) is 0 Å². The number of aryl methyl sites for hydroxylation is 1. The lowest BCUT2D eigenvalue weighted by molar-refractivity contribution is -0.135. The summed E-state index contributed by atoms with van der Waals surface area (Å²) >= 11 is 0. The summed E-state index contributed by atoms with van der Waals surface area (Å²) < 4.78 is 57.4. The number of rotatable bonds is 15. The van der Waals surface area contributed by atoms with Gasteiger partial charge in [-0.05, 0) is 48.1 Å². The molecule has 0 aliphatic carbocycles. The number of carbonyl (C=O) groups is 2. The molecule has 0 heterocycles. The summed E-state index contributed by atoms with van der Waals surface area (Å²) in [5.74, 6) is -3.14. The highest BCUT2D eigenvalue weighted by molar-refractivity contribution is 7.91. The minimum absolute atomic E-state index is 0.0145. The first-order chi connectivity index (χ1) is 18.9. The van der Waals surface area contributed by atoms with Crippen molar-refractivity contribution in [2.45, 2.75) is 64.3 Å². The van der Waals surface area contributed by atoms with E-state index in [4.69, 9.17) is 5.73 Å². The molecule has 0 saturated carbocycles. The summed E-state index contributed by atoms with van der Waals surface area (Å²) in [5.41, 5.74) is 8.10. The Kier molecular flexibility index (Phi) is 12.9. The zero-order chi connectivity index (χ0) is 29.9. The van der Waals surface area contributed by atoms with E-state index in [1.165, 1.54) is 4.90 Å². The van der Waals surface area contributed by atoms with Crippen molar-refractivity contribution in [3.05, 3.63) is 70.8 Å². The van der Waals surface area contributed by atoms with E-state index in [9.17, 15) is 31.9 Å². The monoisotopic (exact) mass is 583 g/mol. The number of sulfone groups is 1. The van der Waals surface area contributed by atoms with Crippen LogP contribution in [-0.4, -0.2) is 73.8 Å². The maximum atomic E-state index is 13.8. The van der Waals surface area contributed by atoms with Gasteiger partial charge in [-0.2, -0.15) is 0 Å². The number of nitrogens with zero attached hydrogens (tertiary/aromatic N) is 1. The van der Waals surface area contributed by atoms with Gasteiger partial charge in [0, 0.05) is 25.2 Å². The van der Waals surface area contributed by atoms with Gasteiger partial charge in [-0.25, -0.2) is 22.0 Å². The van der Waals surface area contributed by atoms with Gasteiger partial charge in [0.25, 0.3) is 0 Å². The van der Waals surface area contributed by atoms with Crippen LogP contribution in [0.15, 0.2) is 42.5 Å². The van der Waals surface area contributed by atoms with Crippen molar-refractivity contribution in [2.24, 2.45) is 5.73 Å². The Balaban J connectivity index is 2.36. The summed E-state index contributed by atoms with van der Waals surface area (Å²) in [6, 6.07) is 7.82. The number of hydrogen-bond acceptors (Lipinski definition) is 7. The first-order valence-electron chi connectivity index (χ1n) is 13.2. The molecular formula is C28H39F2N3O6S. The summed E-state index contributed by atoms with van der Waals surface area (Å²) in [6.07, 6.45) is -0.660. The van der Waals surface area contributed by atoms with E-state index in [0.29, 0.717) is 18.4 Å². The fourth-order valence-electron chi connectivity index (χ4n) is 4.20. The lowest BCUT2D eigenvalue weighted by Crippen LogP contribution is -2.54. The van der Waals surface area contributed by atoms with Crippen LogP contribution in [0.1, 0.15) is 43.4 Å². The molecule has 0 aromatic heterocycles. The second kappa shape index (κ2) is 15.6. The number of halogens is 2. The topological polar surface area (TPSA) is 139 Å². The lowest BCUT2D eigenvalue weighted by Gasteiger charge is -2.31. The summed E-state index contributed by atoms with van der Waals surface area (Å²) in [4.78, 5) is 27.0. The molecule has 2 rings (SSSR count). The van der Waals surface area contributed by atoms with Gasteiger partial charge in [-0.15, -0.1) is 0 Å². The molecule has 0 aliphatic rings. The minimum Gasteiger partial charge on any atom is -0.453 e. The Bertz CT molecular complexity index is 1220. The molecular weight excluding hydrogens is 544 g/mol. The summed E-state index contributed by atoms with van der Waals surface area (Å²) in [5, 5.41) is 13.3. The molecule has 0 saturated heterocycles. The molecule has 2 aromatic carbocycles. The second-order valence-electron chi connectivity index (χ2n) is 9.76. The van der Waals surface area contributed by atoms with Crippen molar-refractivity contribution in [1.29, 1.82) is 0 Å². The van der Waals surface area contributed by atoms with Gasteiger partial charge in [0.05, 0.1) is 24.7 Å². The number of benzene rings is 2. The lowest BCUT2D eigenvalue weighted by atomic mass is 10.0. The molecule has 2 aromatic rings. The second-order valence-corrected chi connectivity index (χ2v) is 12.0. The van der Waals surface area contributed by atoms with Gasteiger partial charge in [-0.3, -0.25) is 4.79 Å². The maximum absolute atomic E-state index is 13.8. The van der Waals surface area contributed by atoms with Crippen molar-refractivity contribution in [2.75, 3.05) is 25.2 Å². The minimum atomic E-state index is -3.73. The van der Waals surface area contributed by atoms with E-state index in [-0.39, 0.29) is 30.8 Å². The standard InChI is InChI=1S/C28H39F2N3O6S/c1-4-6-10-40(37,38)18-25(32-28(36)39-3)27(35)33(16-20-9-7-8-19(5-2)11-20)17-26(34)24(31)14-21-12-22(29)15-23(30)13-21/h7-9,11-13,15,24-26,34H,4-6,10,14,16-18,31H2,1-3H3,(H,32,36)/t24-,25+,26+/m0/s1. The van der Waals surface area contributed by atoms with Gasteiger partial charge >= 0.3 is 6.09 Å². The molecule has 9 nitrogen and oxygen atoms in total. The van der Waals surface area contributed by atoms with Crippen LogP contribution in [0.5, 0.6) is 0 Å². The number of aliphatic hydroxyl groups is 1. The molecule has 0 aliphatic heterocycles. The van der Waals surface area contributed by atoms with E-state index in [1.807, 2.05) is 32.0 Å². The number of methoxy groups -OCH3 is 1. The summed E-state index contributed by atoms with van der Waals surface area (Å²) in [7, 11) is -2.64. The molecule has 0 spiro atoms. The van der Waals surface area contributed by atoms with E-state index < -0.39 is 57.4 Å². The van der Waals surface area contributed by atoms with Gasteiger partial charge in [0.15, 0.2) is 9.84 Å². The van der Waals surface area contributed by atoms with Crippen LogP contribution in [0.4, 0.5) is 13.6 Å². The van der Waals surface area contributed by atoms with Crippen molar-refractivity contribution >= 4 is 21.8 Å². The quantitative estimate of drug-likeness (QED) is 0.293. The number of carbonyl (C=O) groups excluding carboxylic acids is 2. The predicted molar refractivity (Wildman–Crippen MR) is 148 cm³/mol. The number of nitrogens with one attached hydrogen (secondary N) is 1. The third-order valence-corrected chi connectivity index (χ3v) is 8.14. The number of ether oxygens (including phenoxy) is 1. The van der Waals surface area contributed by atoms with Crippen molar-refractivity contribution < 1.29 is 36.6 Å². The fourth-order valence-corrected chi connectivity index (χ4v) is 5.83. The molecule has 4 N–H and O–H groups in total. The van der Waals surface area contributed by atoms with Crippen LogP contribution in [-0.2, 0) is 38.8 Å². The Morgan fingerprint density at radius 3 is 2.33 bits per heavy atom. The zero-order valence-corrected chi connectivity index (χ0v) is 23.9. The highest BCUT2D eigenvalue weighted by atomic mass is 32.2. The van der Waals surface area contributed by atoms with Crippen LogP contribution in [0.3, 0.4) is 0 Å². The van der Waals surface area contributed by atoms with Crippen molar-refractivity contribution in [1.82, 2.24) is 10.2 Å². The predicted octanol–water partition coefficient (Wildman–Crippen LogP) is 2.73. The van der Waals surface area contributed by atoms with Gasteiger partial charge in [0.1, 0.15) is 17.7 Å². The molecule has 12 heteroatoms. The van der Waals surface area contributed by atoms with Crippen LogP contribution < -0.4 is 11.1 Å². The van der Waals surface area contributed by atoms with Gasteiger partial charge in [0.2, 0.25) is 5.91 Å². The Morgan fingerprint density at radius 1 is 1.07 bits per heavy atom. The third-order valence-electron chi connectivity index (χ3n) is 6.39. The highest BCUT2D eigenvalue weighted by Gasteiger charge is 2.33. The summed E-state index contributed by atoms with van der Waals surface area (Å²) in [6.45, 7) is 3.46. The Hall–Kier alpha value is -3.09. The maximum Gasteiger partial charge on any atom is 0.407 e. The van der Waals surface area contributed by atoms with E-state index in [1.54, 1.807) is 6.07 Å². The molecule has 3 atom stereocenters. The van der Waals surface area contributed by atoms with E-state index >= 15 is 0 Å². The average Bonchev–Trinajstić information content (AvgIpc) is 2.90. The average molecular weight is 584 g/mol. The highest BCUT2D eigenvalue weighted by Crippen LogP contribution is 2.15. The molecule has 40 heavy (non-hydrogen) atoms. The van der Waals surface area contributed by atoms with Crippen LogP contribution >= 0.6 is 0 Å². The van der Waals surface area contributed by atoms with Gasteiger partial charge < -0.3 is 25.8 Å². The Labute approximate surface area is 234 Å². The van der Waals surface area contributed by atoms with Gasteiger partial charge in [-0.1, -0.05) is 44.5 Å². The first-order valence-corrected chi connectivity index (χ1v) is 15.0. The van der Waals surface area contributed by atoms with Crippen molar-refractivity contribution in [3.8, 4) is 0 Å². The van der Waals surface area contributed by atoms with Crippen LogP contribution in [0.25, 0.3) is 0 Å². The van der Waals surface area contributed by atoms with E-state index in [0.717, 1.165) is 37.3 Å². The van der Waals surface area contributed by atoms with Crippen LogP contribution in [0.2, 0.25) is 0 Å². The largest absolute Gasteiger partial charge is 0.453 e. The smallest absolute Gasteiger partial charge is 0.407 e. The molecule has 2 amide bonds. The normalized spacial score (nSPS) is 13.8. The number of alkyl carbamates (subject to hydrolysis) is 1. The number of aliphatic hydroxyl groups excluding tert-OH is 1. The number of nitrogens with two attached hydrogens (primary N) is 1. The molecule has 0 bridgehead atoms. The number of unbranched alkanes of at least 4 members (excludes halogenated alkanes) is 1. The number of amides is 2. The zero-order valence-electron chi connectivity index (χ0n) is 23.1. The molecule has 222 valence electrons. The molecule has 0 unspecified atom stereocenters. The molecule has 0 fully saturated rings. The van der Waals surface area contributed by atoms with Crippen LogP contribution in [0, 0.1) is 11.6 Å². The molecule has 0 radical (unpaired) electrons. The fraction of sp³-hybridized carbons (Fsp3) is 0.500. The first kappa shape index (κ1) is 33.1. The SMILES string of the molecule is CCCCS(=O)(=O)C[C@@H](NC(=O)OC)C(=O)N(Cc1cccc(CC)c1)C[C@@H](O)[C@@H](N)Cc1cc(F)cc(F)c1. The Morgan fingerprint density at radius 2 is 1.73 bits per heavy atom. The number of hydrogen-bond donors (Lipinski definition) is 3.